The number of ether oxygens (including phenoxy) is 2. The van der Waals surface area contributed by atoms with Crippen LogP contribution in [0.4, 0.5) is 5.82 Å². The van der Waals surface area contributed by atoms with E-state index in [1.807, 2.05) is 6.92 Å². The lowest BCUT2D eigenvalue weighted by Gasteiger charge is -2.23. The highest BCUT2D eigenvalue weighted by atomic mass is 16.5. The Kier molecular flexibility index (Phi) is 6.17. The van der Waals surface area contributed by atoms with Crippen LogP contribution in [0.25, 0.3) is 5.76 Å². The van der Waals surface area contributed by atoms with E-state index in [9.17, 15) is 14.7 Å². The number of aliphatic hydroxyl groups is 1. The highest BCUT2D eigenvalue weighted by Gasteiger charge is 2.48. The van der Waals surface area contributed by atoms with Crippen LogP contribution >= 0.6 is 0 Å². The van der Waals surface area contributed by atoms with E-state index in [0.717, 1.165) is 6.42 Å². The number of aliphatic hydroxyl groups excluding tert-OH is 1. The molecule has 3 aromatic rings. The van der Waals surface area contributed by atoms with Gasteiger partial charge in [0.1, 0.15) is 23.0 Å². The molecule has 1 aromatic heterocycles. The Morgan fingerprint density at radius 1 is 1.12 bits per heavy atom. The van der Waals surface area contributed by atoms with Gasteiger partial charge in [-0.25, -0.2) is 0 Å². The number of hydrogen-bond donors (Lipinski definition) is 1. The maximum atomic E-state index is 13.1. The van der Waals surface area contributed by atoms with E-state index in [-0.39, 0.29) is 17.2 Å². The third kappa shape index (κ3) is 4.19. The summed E-state index contributed by atoms with van der Waals surface area (Å²) in [6.45, 7) is 4.27. The van der Waals surface area contributed by atoms with E-state index in [4.69, 9.17) is 14.0 Å². The largest absolute Gasteiger partial charge is 0.507 e. The molecule has 8 nitrogen and oxygen atoms in total. The standard InChI is InChI=1S/C25H24N2O6/c1-4-12-32-18-10-8-16(9-11-18)23(28)21-22(17-6-5-7-19(14-17)31-3)27(25(30)24(21)29)20-13-15(2)33-26-20/h5-11,13-14,22,28H,4,12H2,1-3H3/t22-/m0/s1. The van der Waals surface area contributed by atoms with E-state index < -0.39 is 17.7 Å². The van der Waals surface area contributed by atoms with Crippen molar-refractivity contribution >= 4 is 23.3 Å². The molecule has 1 fully saturated rings. The number of carbonyl (C=O) groups is 2. The zero-order valence-electron chi connectivity index (χ0n) is 18.6. The van der Waals surface area contributed by atoms with Gasteiger partial charge in [0.2, 0.25) is 0 Å². The van der Waals surface area contributed by atoms with E-state index in [0.29, 0.717) is 35.0 Å². The van der Waals surface area contributed by atoms with Gasteiger partial charge in [0.15, 0.2) is 5.82 Å². The number of carbonyl (C=O) groups excluding carboxylic acids is 2. The second kappa shape index (κ2) is 9.20. The number of methoxy groups -OCH3 is 1. The molecule has 1 atom stereocenters. The maximum absolute atomic E-state index is 13.1. The van der Waals surface area contributed by atoms with Crippen LogP contribution in [0, 0.1) is 6.92 Å². The van der Waals surface area contributed by atoms with Gasteiger partial charge in [-0.1, -0.05) is 24.2 Å². The Hall–Kier alpha value is -4.07. The second-order valence-electron chi connectivity index (χ2n) is 7.61. The van der Waals surface area contributed by atoms with Crippen LogP contribution in [0.1, 0.15) is 36.3 Å². The van der Waals surface area contributed by atoms with E-state index >= 15 is 0 Å². The number of nitrogens with zero attached hydrogens (tertiary/aromatic N) is 2. The summed E-state index contributed by atoms with van der Waals surface area (Å²) >= 11 is 0. The van der Waals surface area contributed by atoms with Gasteiger partial charge in [-0.15, -0.1) is 0 Å². The van der Waals surface area contributed by atoms with Crippen LogP contribution in [0.15, 0.2) is 64.7 Å². The lowest BCUT2D eigenvalue weighted by molar-refractivity contribution is -0.132. The van der Waals surface area contributed by atoms with Crippen molar-refractivity contribution < 1.29 is 28.7 Å². The lowest BCUT2D eigenvalue weighted by atomic mass is 9.95. The smallest absolute Gasteiger partial charge is 0.301 e. The van der Waals surface area contributed by atoms with Crippen molar-refractivity contribution in [3.8, 4) is 11.5 Å². The van der Waals surface area contributed by atoms with Crippen LogP contribution in [-0.4, -0.2) is 35.7 Å². The number of Topliss-reactive ketones (excluding diaryl/α,β-unsaturated/α-hetero) is 1. The van der Waals surface area contributed by atoms with E-state index in [2.05, 4.69) is 5.16 Å². The molecular formula is C25H24N2O6. The number of anilines is 1. The summed E-state index contributed by atoms with van der Waals surface area (Å²) in [5.74, 6) is -0.0364. The van der Waals surface area contributed by atoms with Crippen LogP contribution in [0.5, 0.6) is 11.5 Å². The Bertz CT molecular complexity index is 1210. The normalized spacial score (nSPS) is 17.4. The fourth-order valence-electron chi connectivity index (χ4n) is 3.75. The lowest BCUT2D eigenvalue weighted by Crippen LogP contribution is -2.29. The van der Waals surface area contributed by atoms with Gasteiger partial charge in [-0.3, -0.25) is 14.5 Å². The van der Waals surface area contributed by atoms with Gasteiger partial charge < -0.3 is 19.1 Å². The Morgan fingerprint density at radius 3 is 2.52 bits per heavy atom. The molecule has 2 aromatic carbocycles. The first-order valence-electron chi connectivity index (χ1n) is 10.6. The van der Waals surface area contributed by atoms with E-state index in [1.54, 1.807) is 61.5 Å². The van der Waals surface area contributed by atoms with Crippen molar-refractivity contribution in [2.45, 2.75) is 26.3 Å². The van der Waals surface area contributed by atoms with Crippen molar-refractivity contribution in [3.63, 3.8) is 0 Å². The summed E-state index contributed by atoms with van der Waals surface area (Å²) in [6, 6.07) is 14.4. The topological polar surface area (TPSA) is 102 Å². The molecule has 2 heterocycles. The molecule has 33 heavy (non-hydrogen) atoms. The first-order chi connectivity index (χ1) is 15.9. The molecule has 0 spiro atoms. The third-order valence-corrected chi connectivity index (χ3v) is 5.32. The minimum atomic E-state index is -0.916. The predicted molar refractivity (Wildman–Crippen MR) is 121 cm³/mol. The highest BCUT2D eigenvalue weighted by Crippen LogP contribution is 2.42. The van der Waals surface area contributed by atoms with Crippen LogP contribution in [0.3, 0.4) is 0 Å². The fraction of sp³-hybridized carbons (Fsp3) is 0.240. The molecule has 4 rings (SSSR count). The van der Waals surface area contributed by atoms with Crippen LogP contribution in [0.2, 0.25) is 0 Å². The molecule has 1 aliphatic heterocycles. The number of hydrogen-bond acceptors (Lipinski definition) is 7. The molecule has 8 heteroatoms. The average molecular weight is 448 g/mol. The summed E-state index contributed by atoms with van der Waals surface area (Å²) in [4.78, 5) is 27.4. The Balaban J connectivity index is 1.85. The summed E-state index contributed by atoms with van der Waals surface area (Å²) in [5.41, 5.74) is 0.927. The summed E-state index contributed by atoms with van der Waals surface area (Å²) in [7, 11) is 1.53. The van der Waals surface area contributed by atoms with Crippen molar-refractivity contribution in [2.24, 2.45) is 0 Å². The number of aryl methyl sites for hydroxylation is 1. The second-order valence-corrected chi connectivity index (χ2v) is 7.61. The monoisotopic (exact) mass is 448 g/mol. The predicted octanol–water partition coefficient (Wildman–Crippen LogP) is 4.41. The van der Waals surface area contributed by atoms with Gasteiger partial charge in [-0.05, 0) is 55.3 Å². The molecule has 0 aliphatic carbocycles. The van der Waals surface area contributed by atoms with Crippen molar-refractivity contribution in [2.75, 3.05) is 18.6 Å². The number of rotatable bonds is 7. The minimum Gasteiger partial charge on any atom is -0.507 e. The quantitative estimate of drug-likeness (QED) is 0.325. The highest BCUT2D eigenvalue weighted by molar-refractivity contribution is 6.51. The van der Waals surface area contributed by atoms with Gasteiger partial charge in [0.05, 0.1) is 25.3 Å². The van der Waals surface area contributed by atoms with Gasteiger partial charge in [-0.2, -0.15) is 0 Å². The molecule has 0 saturated carbocycles. The molecule has 170 valence electrons. The molecule has 0 radical (unpaired) electrons. The number of ketones is 1. The molecule has 0 bridgehead atoms. The number of amides is 1. The SMILES string of the molecule is CCCOc1ccc(C(O)=C2C(=O)C(=O)N(c3cc(C)on3)[C@H]2c2cccc(OC)c2)cc1. The number of benzene rings is 2. The number of aromatic nitrogens is 1. The minimum absolute atomic E-state index is 0.0452. The maximum Gasteiger partial charge on any atom is 0.301 e. The van der Waals surface area contributed by atoms with Crippen LogP contribution < -0.4 is 14.4 Å². The third-order valence-electron chi connectivity index (χ3n) is 5.32. The molecule has 1 saturated heterocycles. The van der Waals surface area contributed by atoms with Crippen LogP contribution in [-0.2, 0) is 9.59 Å². The Labute approximate surface area is 191 Å². The summed E-state index contributed by atoms with van der Waals surface area (Å²) < 4.78 is 16.1. The van der Waals surface area contributed by atoms with Crippen molar-refractivity contribution in [1.29, 1.82) is 0 Å². The fourth-order valence-corrected chi connectivity index (χ4v) is 3.75. The molecule has 0 unspecified atom stereocenters. The summed E-state index contributed by atoms with van der Waals surface area (Å²) in [5, 5.41) is 15.1. The van der Waals surface area contributed by atoms with Gasteiger partial charge in [0.25, 0.3) is 5.78 Å². The first kappa shape index (κ1) is 22.1. The van der Waals surface area contributed by atoms with Gasteiger partial charge in [0, 0.05) is 11.6 Å². The first-order valence-corrected chi connectivity index (χ1v) is 10.6. The molecule has 1 N–H and O–H groups in total. The zero-order valence-corrected chi connectivity index (χ0v) is 18.6. The average Bonchev–Trinajstić information content (AvgIpc) is 3.38. The van der Waals surface area contributed by atoms with Gasteiger partial charge >= 0.3 is 5.91 Å². The molecule has 1 aliphatic rings. The van der Waals surface area contributed by atoms with Crippen molar-refractivity contribution in [1.82, 2.24) is 5.16 Å². The molecular weight excluding hydrogens is 424 g/mol. The zero-order chi connectivity index (χ0) is 23.5. The van der Waals surface area contributed by atoms with E-state index in [1.165, 1.54) is 12.0 Å². The molecule has 1 amide bonds. The van der Waals surface area contributed by atoms with Crippen molar-refractivity contribution in [3.05, 3.63) is 77.1 Å². The Morgan fingerprint density at radius 2 is 1.88 bits per heavy atom. The summed E-state index contributed by atoms with van der Waals surface area (Å²) in [6.07, 6.45) is 0.868.